The number of methoxy groups -OCH3 is 1. The van der Waals surface area contributed by atoms with Crippen molar-refractivity contribution in [3.63, 3.8) is 0 Å². The Balaban J connectivity index is 2.24. The Morgan fingerprint density at radius 2 is 2.20 bits per heavy atom. The molecule has 1 N–H and O–H groups in total. The minimum Gasteiger partial charge on any atom is -0.393 e. The number of aliphatic hydroxyl groups is 1. The molecule has 0 heterocycles. The lowest BCUT2D eigenvalue weighted by Crippen LogP contribution is -2.19. The summed E-state index contributed by atoms with van der Waals surface area (Å²) in [6.45, 7) is 2.66. The summed E-state index contributed by atoms with van der Waals surface area (Å²) in [7, 11) is 1.71. The van der Waals surface area contributed by atoms with Crippen LogP contribution in [0.2, 0.25) is 0 Å². The molecule has 2 heteroatoms. The van der Waals surface area contributed by atoms with Gasteiger partial charge in [-0.3, -0.25) is 0 Å². The Bertz CT molecular complexity index is 106. The van der Waals surface area contributed by atoms with Crippen LogP contribution in [0.1, 0.15) is 26.2 Å². The van der Waals surface area contributed by atoms with Gasteiger partial charge in [0.1, 0.15) is 0 Å². The highest BCUT2D eigenvalue weighted by atomic mass is 16.5. The first-order valence-electron chi connectivity index (χ1n) is 3.88. The lowest BCUT2D eigenvalue weighted by Gasteiger charge is -2.17. The van der Waals surface area contributed by atoms with E-state index in [9.17, 15) is 5.11 Å². The maximum absolute atomic E-state index is 9.31. The van der Waals surface area contributed by atoms with Gasteiger partial charge in [-0.2, -0.15) is 0 Å². The summed E-state index contributed by atoms with van der Waals surface area (Å²) in [5, 5.41) is 9.31. The standard InChI is InChI=1S/C8H16O2/c1-7(9)8(3-4-8)5-6-10-2/h7,9H,3-6H2,1-2H3. The Morgan fingerprint density at radius 3 is 2.50 bits per heavy atom. The highest BCUT2D eigenvalue weighted by Gasteiger charge is 2.46. The van der Waals surface area contributed by atoms with Gasteiger partial charge in [0.2, 0.25) is 0 Å². The molecule has 0 aromatic heterocycles. The van der Waals surface area contributed by atoms with Crippen LogP contribution in [0.4, 0.5) is 0 Å². The van der Waals surface area contributed by atoms with Crippen molar-refractivity contribution in [2.45, 2.75) is 32.3 Å². The van der Waals surface area contributed by atoms with Crippen molar-refractivity contribution in [1.82, 2.24) is 0 Å². The van der Waals surface area contributed by atoms with E-state index in [1.165, 1.54) is 12.8 Å². The minimum absolute atomic E-state index is 0.150. The van der Waals surface area contributed by atoms with E-state index in [-0.39, 0.29) is 11.5 Å². The molecule has 2 nitrogen and oxygen atoms in total. The Labute approximate surface area is 62.2 Å². The summed E-state index contributed by atoms with van der Waals surface area (Å²) in [5.74, 6) is 0. The fraction of sp³-hybridized carbons (Fsp3) is 1.00. The maximum Gasteiger partial charge on any atom is 0.0569 e. The first-order chi connectivity index (χ1) is 4.71. The molecule has 0 spiro atoms. The van der Waals surface area contributed by atoms with Crippen molar-refractivity contribution in [3.8, 4) is 0 Å². The second-order valence-corrected chi connectivity index (χ2v) is 3.28. The molecule has 0 amide bonds. The molecule has 0 bridgehead atoms. The molecular formula is C8H16O2. The average molecular weight is 144 g/mol. The molecule has 0 saturated heterocycles. The maximum atomic E-state index is 9.31. The molecule has 1 saturated carbocycles. The number of hydrogen-bond donors (Lipinski definition) is 1. The van der Waals surface area contributed by atoms with E-state index in [0.29, 0.717) is 0 Å². The van der Waals surface area contributed by atoms with E-state index in [0.717, 1.165) is 13.0 Å². The molecule has 1 unspecified atom stereocenters. The van der Waals surface area contributed by atoms with Gasteiger partial charge in [0, 0.05) is 13.7 Å². The van der Waals surface area contributed by atoms with E-state index < -0.39 is 0 Å². The summed E-state index contributed by atoms with van der Waals surface area (Å²) in [6, 6.07) is 0. The van der Waals surface area contributed by atoms with Crippen molar-refractivity contribution < 1.29 is 9.84 Å². The zero-order valence-electron chi connectivity index (χ0n) is 6.76. The Kier molecular flexibility index (Phi) is 2.32. The van der Waals surface area contributed by atoms with Gasteiger partial charge >= 0.3 is 0 Å². The Hall–Kier alpha value is -0.0800. The molecule has 0 aliphatic heterocycles. The third-order valence-electron chi connectivity index (χ3n) is 2.58. The molecule has 1 fully saturated rings. The summed E-state index contributed by atoms with van der Waals surface area (Å²) >= 11 is 0. The van der Waals surface area contributed by atoms with Gasteiger partial charge in [0.05, 0.1) is 6.10 Å². The van der Waals surface area contributed by atoms with Crippen LogP contribution in [0.5, 0.6) is 0 Å². The zero-order chi connectivity index (χ0) is 7.61. The van der Waals surface area contributed by atoms with Gasteiger partial charge in [-0.1, -0.05) is 0 Å². The van der Waals surface area contributed by atoms with Crippen LogP contribution in [0, 0.1) is 5.41 Å². The third kappa shape index (κ3) is 1.50. The zero-order valence-corrected chi connectivity index (χ0v) is 6.76. The fourth-order valence-corrected chi connectivity index (χ4v) is 1.34. The number of rotatable bonds is 4. The van der Waals surface area contributed by atoms with Crippen molar-refractivity contribution in [2.24, 2.45) is 5.41 Å². The molecule has 1 rings (SSSR count). The molecule has 1 aliphatic rings. The molecule has 60 valence electrons. The molecule has 10 heavy (non-hydrogen) atoms. The summed E-state index contributed by atoms with van der Waals surface area (Å²) < 4.78 is 4.96. The number of ether oxygens (including phenoxy) is 1. The second-order valence-electron chi connectivity index (χ2n) is 3.28. The third-order valence-corrected chi connectivity index (χ3v) is 2.58. The SMILES string of the molecule is COCCC1(C(C)O)CC1. The molecular weight excluding hydrogens is 128 g/mol. The predicted octanol–water partition coefficient (Wildman–Crippen LogP) is 1.18. The normalized spacial score (nSPS) is 24.3. The van der Waals surface area contributed by atoms with Crippen LogP contribution in [0.25, 0.3) is 0 Å². The monoisotopic (exact) mass is 144 g/mol. The van der Waals surface area contributed by atoms with Crippen LogP contribution in [-0.2, 0) is 4.74 Å². The molecule has 1 atom stereocenters. The van der Waals surface area contributed by atoms with E-state index in [1.54, 1.807) is 7.11 Å². The van der Waals surface area contributed by atoms with Gasteiger partial charge in [-0.05, 0) is 31.6 Å². The summed E-state index contributed by atoms with van der Waals surface area (Å²) in [4.78, 5) is 0. The van der Waals surface area contributed by atoms with Gasteiger partial charge in [0.25, 0.3) is 0 Å². The second kappa shape index (κ2) is 2.89. The van der Waals surface area contributed by atoms with Gasteiger partial charge in [0.15, 0.2) is 0 Å². The van der Waals surface area contributed by atoms with Crippen molar-refractivity contribution >= 4 is 0 Å². The summed E-state index contributed by atoms with van der Waals surface area (Å²) in [5.41, 5.74) is 0.232. The van der Waals surface area contributed by atoms with Crippen LogP contribution < -0.4 is 0 Å². The van der Waals surface area contributed by atoms with Crippen molar-refractivity contribution in [2.75, 3.05) is 13.7 Å². The van der Waals surface area contributed by atoms with E-state index in [1.807, 2.05) is 6.92 Å². The lowest BCUT2D eigenvalue weighted by molar-refractivity contribution is 0.0785. The highest BCUT2D eigenvalue weighted by Crippen LogP contribution is 2.51. The van der Waals surface area contributed by atoms with Crippen LogP contribution in [0.3, 0.4) is 0 Å². The lowest BCUT2D eigenvalue weighted by atomic mass is 9.97. The fourth-order valence-electron chi connectivity index (χ4n) is 1.34. The van der Waals surface area contributed by atoms with Gasteiger partial charge in [-0.25, -0.2) is 0 Å². The Morgan fingerprint density at radius 1 is 1.60 bits per heavy atom. The molecule has 0 aromatic rings. The number of hydrogen-bond acceptors (Lipinski definition) is 2. The predicted molar refractivity (Wildman–Crippen MR) is 39.8 cm³/mol. The van der Waals surface area contributed by atoms with Gasteiger partial charge in [-0.15, -0.1) is 0 Å². The van der Waals surface area contributed by atoms with Crippen molar-refractivity contribution in [1.29, 1.82) is 0 Å². The first-order valence-corrected chi connectivity index (χ1v) is 3.88. The molecule has 1 aliphatic carbocycles. The quantitative estimate of drug-likeness (QED) is 0.642. The van der Waals surface area contributed by atoms with Crippen LogP contribution in [-0.4, -0.2) is 24.9 Å². The van der Waals surface area contributed by atoms with Crippen molar-refractivity contribution in [3.05, 3.63) is 0 Å². The highest BCUT2D eigenvalue weighted by molar-refractivity contribution is 4.96. The van der Waals surface area contributed by atoms with E-state index >= 15 is 0 Å². The van der Waals surface area contributed by atoms with Gasteiger partial charge < -0.3 is 9.84 Å². The van der Waals surface area contributed by atoms with E-state index in [2.05, 4.69) is 0 Å². The molecule has 0 radical (unpaired) electrons. The number of aliphatic hydroxyl groups excluding tert-OH is 1. The topological polar surface area (TPSA) is 29.5 Å². The smallest absolute Gasteiger partial charge is 0.0569 e. The largest absolute Gasteiger partial charge is 0.393 e. The molecule has 0 aromatic carbocycles. The van der Waals surface area contributed by atoms with Crippen LogP contribution in [0.15, 0.2) is 0 Å². The average Bonchev–Trinajstić information content (AvgIpc) is 2.64. The van der Waals surface area contributed by atoms with Crippen LogP contribution >= 0.6 is 0 Å². The minimum atomic E-state index is -0.150. The van der Waals surface area contributed by atoms with E-state index in [4.69, 9.17) is 4.74 Å². The first kappa shape index (κ1) is 8.02. The summed E-state index contributed by atoms with van der Waals surface area (Å²) in [6.07, 6.45) is 3.21.